The van der Waals surface area contributed by atoms with E-state index in [4.69, 9.17) is 0 Å². The van der Waals surface area contributed by atoms with Gasteiger partial charge in [0.1, 0.15) is 0 Å². The van der Waals surface area contributed by atoms with E-state index in [0.717, 1.165) is 6.54 Å². The Labute approximate surface area is 111 Å². The van der Waals surface area contributed by atoms with E-state index in [1.807, 2.05) is 19.1 Å². The third-order valence-electron chi connectivity index (χ3n) is 2.56. The third-order valence-corrected chi connectivity index (χ3v) is 2.56. The number of pyridine rings is 1. The number of rotatable bonds is 6. The van der Waals surface area contributed by atoms with Crippen LogP contribution >= 0.6 is 0 Å². The van der Waals surface area contributed by atoms with Crippen molar-refractivity contribution in [3.05, 3.63) is 36.8 Å². The molecule has 19 heavy (non-hydrogen) atoms. The topological polar surface area (TPSA) is 71.8 Å². The van der Waals surface area contributed by atoms with Crippen LogP contribution in [-0.2, 0) is 4.79 Å². The lowest BCUT2D eigenvalue weighted by atomic mass is 10.3. The van der Waals surface area contributed by atoms with Gasteiger partial charge in [-0.15, -0.1) is 0 Å². The molecule has 0 saturated carbocycles. The minimum absolute atomic E-state index is 0.0395. The van der Waals surface area contributed by atoms with Gasteiger partial charge in [-0.05, 0) is 24.7 Å². The zero-order valence-corrected chi connectivity index (χ0v) is 10.8. The summed E-state index contributed by atoms with van der Waals surface area (Å²) < 4.78 is 1.62. The molecule has 100 valence electrons. The van der Waals surface area contributed by atoms with Crippen molar-refractivity contribution < 1.29 is 4.79 Å². The van der Waals surface area contributed by atoms with Gasteiger partial charge in [-0.1, -0.05) is 6.92 Å². The third kappa shape index (κ3) is 3.62. The number of aromatic nitrogens is 3. The molecule has 6 nitrogen and oxygen atoms in total. The van der Waals surface area contributed by atoms with E-state index in [9.17, 15) is 4.79 Å². The van der Waals surface area contributed by atoms with Crippen molar-refractivity contribution in [3.63, 3.8) is 0 Å². The SMILES string of the molecule is CCNCCC(=O)Nc1cccnc1-n1cccn1. The number of carbonyl (C=O) groups excluding carboxylic acids is 1. The number of amides is 1. The van der Waals surface area contributed by atoms with Crippen LogP contribution in [0.3, 0.4) is 0 Å². The van der Waals surface area contributed by atoms with Crippen molar-refractivity contribution >= 4 is 11.6 Å². The lowest BCUT2D eigenvalue weighted by Gasteiger charge is -2.09. The van der Waals surface area contributed by atoms with Gasteiger partial charge in [0, 0.05) is 31.6 Å². The average molecular weight is 259 g/mol. The Morgan fingerprint density at radius 3 is 3.00 bits per heavy atom. The fourth-order valence-electron chi connectivity index (χ4n) is 1.66. The van der Waals surface area contributed by atoms with E-state index in [1.165, 1.54) is 0 Å². The van der Waals surface area contributed by atoms with Gasteiger partial charge in [-0.25, -0.2) is 9.67 Å². The first kappa shape index (κ1) is 13.2. The van der Waals surface area contributed by atoms with Crippen LogP contribution < -0.4 is 10.6 Å². The Morgan fingerprint density at radius 2 is 2.26 bits per heavy atom. The van der Waals surface area contributed by atoms with Gasteiger partial charge in [0.05, 0.1) is 5.69 Å². The highest BCUT2D eigenvalue weighted by atomic mass is 16.1. The van der Waals surface area contributed by atoms with Gasteiger partial charge in [-0.2, -0.15) is 5.10 Å². The summed E-state index contributed by atoms with van der Waals surface area (Å²) in [4.78, 5) is 16.0. The molecule has 1 amide bonds. The van der Waals surface area contributed by atoms with E-state index in [1.54, 1.807) is 29.3 Å². The van der Waals surface area contributed by atoms with Crippen molar-refractivity contribution in [1.82, 2.24) is 20.1 Å². The normalized spacial score (nSPS) is 10.4. The van der Waals surface area contributed by atoms with Gasteiger partial charge in [-0.3, -0.25) is 4.79 Å². The summed E-state index contributed by atoms with van der Waals surface area (Å²) in [5.74, 6) is 0.576. The Balaban J connectivity index is 2.06. The average Bonchev–Trinajstić information content (AvgIpc) is 2.93. The van der Waals surface area contributed by atoms with Crippen LogP contribution in [0.15, 0.2) is 36.8 Å². The van der Waals surface area contributed by atoms with E-state index in [0.29, 0.717) is 24.5 Å². The molecule has 0 radical (unpaired) electrons. The van der Waals surface area contributed by atoms with Gasteiger partial charge in [0.2, 0.25) is 5.91 Å². The maximum Gasteiger partial charge on any atom is 0.225 e. The molecule has 0 aliphatic heterocycles. The van der Waals surface area contributed by atoms with Crippen LogP contribution in [0, 0.1) is 0 Å². The number of nitrogens with zero attached hydrogens (tertiary/aromatic N) is 3. The molecule has 0 aliphatic rings. The summed E-state index contributed by atoms with van der Waals surface area (Å²) in [6.07, 6.45) is 5.56. The molecule has 0 fully saturated rings. The molecule has 0 spiro atoms. The number of carbonyl (C=O) groups is 1. The molecule has 0 aliphatic carbocycles. The summed E-state index contributed by atoms with van der Waals surface area (Å²) >= 11 is 0. The second kappa shape index (κ2) is 6.65. The zero-order chi connectivity index (χ0) is 13.5. The van der Waals surface area contributed by atoms with Crippen molar-refractivity contribution in [2.45, 2.75) is 13.3 Å². The maximum absolute atomic E-state index is 11.8. The van der Waals surface area contributed by atoms with Crippen LogP contribution in [0.2, 0.25) is 0 Å². The summed E-state index contributed by atoms with van der Waals surface area (Å²) in [6, 6.07) is 5.41. The van der Waals surface area contributed by atoms with Crippen LogP contribution in [0.5, 0.6) is 0 Å². The zero-order valence-electron chi connectivity index (χ0n) is 10.8. The fourth-order valence-corrected chi connectivity index (χ4v) is 1.66. The summed E-state index contributed by atoms with van der Waals surface area (Å²) in [6.45, 7) is 3.53. The van der Waals surface area contributed by atoms with Crippen LogP contribution in [0.25, 0.3) is 5.82 Å². The molecule has 0 atom stereocenters. The van der Waals surface area contributed by atoms with Crippen LogP contribution in [0.4, 0.5) is 5.69 Å². The molecule has 0 aromatic carbocycles. The van der Waals surface area contributed by atoms with Crippen LogP contribution in [-0.4, -0.2) is 33.8 Å². The van der Waals surface area contributed by atoms with Gasteiger partial charge in [0.25, 0.3) is 0 Å². The molecular formula is C13H17N5O. The predicted octanol–water partition coefficient (Wildman–Crippen LogP) is 1.21. The summed E-state index contributed by atoms with van der Waals surface area (Å²) in [5.41, 5.74) is 0.660. The van der Waals surface area contributed by atoms with Crippen molar-refractivity contribution in [2.75, 3.05) is 18.4 Å². The number of anilines is 1. The number of nitrogens with one attached hydrogen (secondary N) is 2. The first-order valence-electron chi connectivity index (χ1n) is 6.27. The second-order valence-electron chi connectivity index (χ2n) is 3.98. The van der Waals surface area contributed by atoms with Gasteiger partial charge >= 0.3 is 0 Å². The van der Waals surface area contributed by atoms with Crippen LogP contribution in [0.1, 0.15) is 13.3 Å². The Kier molecular flexibility index (Phi) is 4.63. The summed E-state index contributed by atoms with van der Waals surface area (Å²) in [5, 5.41) is 10.1. The maximum atomic E-state index is 11.8. The standard InChI is InChI=1S/C13H17N5O/c1-2-14-9-6-12(19)17-11-5-3-7-15-13(11)18-10-4-8-16-18/h3-5,7-8,10,14H,2,6,9H2,1H3,(H,17,19). The van der Waals surface area contributed by atoms with Crippen molar-refractivity contribution in [1.29, 1.82) is 0 Å². The Morgan fingerprint density at radius 1 is 1.37 bits per heavy atom. The largest absolute Gasteiger partial charge is 0.323 e. The van der Waals surface area contributed by atoms with Gasteiger partial charge in [0.15, 0.2) is 5.82 Å². The quantitative estimate of drug-likeness (QED) is 0.765. The number of hydrogen-bond acceptors (Lipinski definition) is 4. The molecule has 0 bridgehead atoms. The molecule has 2 aromatic rings. The molecular weight excluding hydrogens is 242 g/mol. The molecule has 0 unspecified atom stereocenters. The Hall–Kier alpha value is -2.21. The highest BCUT2D eigenvalue weighted by molar-refractivity contribution is 5.92. The van der Waals surface area contributed by atoms with E-state index < -0.39 is 0 Å². The highest BCUT2D eigenvalue weighted by Crippen LogP contribution is 2.16. The first-order valence-corrected chi connectivity index (χ1v) is 6.27. The first-order chi connectivity index (χ1) is 9.31. The van der Waals surface area contributed by atoms with E-state index >= 15 is 0 Å². The molecule has 6 heteroatoms. The molecule has 2 N–H and O–H groups in total. The summed E-state index contributed by atoms with van der Waals surface area (Å²) in [7, 11) is 0. The lowest BCUT2D eigenvalue weighted by Crippen LogP contribution is -2.22. The van der Waals surface area contributed by atoms with Crippen molar-refractivity contribution in [3.8, 4) is 5.82 Å². The minimum atomic E-state index is -0.0395. The van der Waals surface area contributed by atoms with Crippen molar-refractivity contribution in [2.24, 2.45) is 0 Å². The monoisotopic (exact) mass is 259 g/mol. The molecule has 0 saturated heterocycles. The fraction of sp³-hybridized carbons (Fsp3) is 0.308. The van der Waals surface area contributed by atoms with E-state index in [2.05, 4.69) is 20.7 Å². The Bertz CT molecular complexity index is 524. The molecule has 2 aromatic heterocycles. The predicted molar refractivity (Wildman–Crippen MR) is 73.1 cm³/mol. The van der Waals surface area contributed by atoms with Gasteiger partial charge < -0.3 is 10.6 Å². The smallest absolute Gasteiger partial charge is 0.225 e. The van der Waals surface area contributed by atoms with E-state index in [-0.39, 0.29) is 5.91 Å². The minimum Gasteiger partial charge on any atom is -0.323 e. The highest BCUT2D eigenvalue weighted by Gasteiger charge is 2.08. The lowest BCUT2D eigenvalue weighted by molar-refractivity contribution is -0.116. The molecule has 2 rings (SSSR count). The second-order valence-corrected chi connectivity index (χ2v) is 3.98. The molecule has 2 heterocycles. The number of hydrogen-bond donors (Lipinski definition) is 2.